The Labute approximate surface area is 142 Å². The molecule has 0 radical (unpaired) electrons. The molecule has 2 N–H and O–H groups in total. The van der Waals surface area contributed by atoms with E-state index in [1.165, 1.54) is 70.3 Å². The Morgan fingerprint density at radius 2 is 1.39 bits per heavy atom. The van der Waals surface area contributed by atoms with Crippen LogP contribution >= 0.6 is 0 Å². The van der Waals surface area contributed by atoms with E-state index in [-0.39, 0.29) is 11.5 Å². The molecule has 2 heteroatoms. The molecule has 0 saturated carbocycles. The number of phenolic OH excluding ortho intramolecular Hbond substituents is 2. The highest BCUT2D eigenvalue weighted by Gasteiger charge is 2.04. The fraction of sp³-hybridized carbons (Fsp3) is 0.619. The fourth-order valence-corrected chi connectivity index (χ4v) is 2.80. The molecule has 0 heterocycles. The van der Waals surface area contributed by atoms with Gasteiger partial charge in [0.2, 0.25) is 0 Å². The lowest BCUT2D eigenvalue weighted by atomic mass is 10.0. The van der Waals surface area contributed by atoms with Crippen molar-refractivity contribution in [2.75, 3.05) is 0 Å². The highest BCUT2D eigenvalue weighted by molar-refractivity contribution is 5.44. The lowest BCUT2D eigenvalue weighted by Gasteiger charge is -2.06. The van der Waals surface area contributed by atoms with Gasteiger partial charge in [0.15, 0.2) is 11.5 Å². The minimum atomic E-state index is -0.00811. The van der Waals surface area contributed by atoms with E-state index in [1.807, 2.05) is 6.07 Å². The zero-order valence-corrected chi connectivity index (χ0v) is 14.8. The second-order valence-electron chi connectivity index (χ2n) is 6.41. The van der Waals surface area contributed by atoms with Crippen molar-refractivity contribution in [1.82, 2.24) is 0 Å². The SMILES string of the molecule is CCCC/C=C/CCCCCCCCCc1cccc(O)c1O. The van der Waals surface area contributed by atoms with Crippen molar-refractivity contribution in [3.8, 4) is 11.5 Å². The fourth-order valence-electron chi connectivity index (χ4n) is 2.80. The first kappa shape index (κ1) is 19.6. The summed E-state index contributed by atoms with van der Waals surface area (Å²) < 4.78 is 0. The Hall–Kier alpha value is -1.44. The summed E-state index contributed by atoms with van der Waals surface area (Å²) in [6, 6.07) is 5.21. The molecule has 130 valence electrons. The first-order valence-corrected chi connectivity index (χ1v) is 9.40. The van der Waals surface area contributed by atoms with Crippen LogP contribution in [-0.4, -0.2) is 10.2 Å². The van der Waals surface area contributed by atoms with Gasteiger partial charge < -0.3 is 10.2 Å². The molecular formula is C21H34O2. The highest BCUT2D eigenvalue weighted by Crippen LogP contribution is 2.29. The van der Waals surface area contributed by atoms with Gasteiger partial charge in [0, 0.05) is 0 Å². The molecule has 0 fully saturated rings. The largest absolute Gasteiger partial charge is 0.504 e. The van der Waals surface area contributed by atoms with Gasteiger partial charge in [-0.3, -0.25) is 0 Å². The third-order valence-electron chi connectivity index (χ3n) is 4.31. The Morgan fingerprint density at radius 3 is 2.09 bits per heavy atom. The molecule has 0 aliphatic carbocycles. The van der Waals surface area contributed by atoms with Crippen LogP contribution in [0, 0.1) is 0 Å². The molecule has 0 spiro atoms. The van der Waals surface area contributed by atoms with E-state index >= 15 is 0 Å². The maximum absolute atomic E-state index is 9.73. The minimum Gasteiger partial charge on any atom is -0.504 e. The molecule has 0 atom stereocenters. The monoisotopic (exact) mass is 318 g/mol. The summed E-state index contributed by atoms with van der Waals surface area (Å²) in [6.07, 6.45) is 19.5. The maximum Gasteiger partial charge on any atom is 0.160 e. The van der Waals surface area contributed by atoms with Gasteiger partial charge in [0.05, 0.1) is 0 Å². The molecule has 0 unspecified atom stereocenters. The maximum atomic E-state index is 9.73. The first-order chi connectivity index (χ1) is 11.3. The number of aromatic hydroxyl groups is 2. The Morgan fingerprint density at radius 1 is 0.783 bits per heavy atom. The number of phenols is 2. The summed E-state index contributed by atoms with van der Waals surface area (Å²) >= 11 is 0. The Kier molecular flexibility index (Phi) is 11.1. The molecule has 1 aromatic carbocycles. The normalized spacial score (nSPS) is 11.3. The van der Waals surface area contributed by atoms with Gasteiger partial charge in [0.25, 0.3) is 0 Å². The van der Waals surface area contributed by atoms with Crippen molar-refractivity contribution < 1.29 is 10.2 Å². The number of hydrogen-bond donors (Lipinski definition) is 2. The molecule has 23 heavy (non-hydrogen) atoms. The van der Waals surface area contributed by atoms with Crippen LogP contribution in [0.4, 0.5) is 0 Å². The standard InChI is InChI=1S/C21H34O2/c1-2-3-4-5-6-7-8-9-10-11-12-13-14-16-19-17-15-18-20(22)21(19)23/h5-6,15,17-18,22-23H,2-4,7-14,16H2,1H3/b6-5+. The number of hydrogen-bond acceptors (Lipinski definition) is 2. The third-order valence-corrected chi connectivity index (χ3v) is 4.31. The van der Waals surface area contributed by atoms with Crippen molar-refractivity contribution >= 4 is 0 Å². The molecule has 1 aromatic rings. The predicted molar refractivity (Wildman–Crippen MR) is 99.1 cm³/mol. The van der Waals surface area contributed by atoms with E-state index in [4.69, 9.17) is 0 Å². The number of rotatable bonds is 13. The van der Waals surface area contributed by atoms with Gasteiger partial charge in [-0.1, -0.05) is 76.2 Å². The van der Waals surface area contributed by atoms with E-state index < -0.39 is 0 Å². The van der Waals surface area contributed by atoms with Gasteiger partial charge in [-0.25, -0.2) is 0 Å². The summed E-state index contributed by atoms with van der Waals surface area (Å²) in [5, 5.41) is 19.2. The second kappa shape index (κ2) is 13.0. The molecule has 0 aromatic heterocycles. The van der Waals surface area contributed by atoms with Crippen LogP contribution in [0.5, 0.6) is 11.5 Å². The molecule has 2 nitrogen and oxygen atoms in total. The Balaban J connectivity index is 1.92. The highest BCUT2D eigenvalue weighted by atomic mass is 16.3. The quantitative estimate of drug-likeness (QED) is 0.247. The van der Waals surface area contributed by atoms with Crippen LogP contribution in [0.2, 0.25) is 0 Å². The van der Waals surface area contributed by atoms with Crippen molar-refractivity contribution in [3.05, 3.63) is 35.9 Å². The lowest BCUT2D eigenvalue weighted by Crippen LogP contribution is -1.87. The minimum absolute atomic E-state index is 0.00811. The smallest absolute Gasteiger partial charge is 0.160 e. The van der Waals surface area contributed by atoms with Crippen LogP contribution in [0.15, 0.2) is 30.4 Å². The van der Waals surface area contributed by atoms with Crippen molar-refractivity contribution in [2.45, 2.75) is 84.0 Å². The third kappa shape index (κ3) is 9.32. The van der Waals surface area contributed by atoms with Crippen LogP contribution in [-0.2, 0) is 6.42 Å². The average Bonchev–Trinajstić information content (AvgIpc) is 2.55. The van der Waals surface area contributed by atoms with Gasteiger partial charge in [-0.05, 0) is 43.7 Å². The molecule has 0 saturated heterocycles. The second-order valence-corrected chi connectivity index (χ2v) is 6.41. The number of allylic oxidation sites excluding steroid dienone is 2. The average molecular weight is 319 g/mol. The summed E-state index contributed by atoms with van der Waals surface area (Å²) in [5.41, 5.74) is 0.861. The molecule has 0 bridgehead atoms. The number of para-hydroxylation sites is 1. The predicted octanol–water partition coefficient (Wildman–Crippen LogP) is 6.51. The van der Waals surface area contributed by atoms with E-state index in [1.54, 1.807) is 6.07 Å². The van der Waals surface area contributed by atoms with E-state index in [0.29, 0.717) is 0 Å². The first-order valence-electron chi connectivity index (χ1n) is 9.40. The van der Waals surface area contributed by atoms with E-state index in [2.05, 4.69) is 19.1 Å². The number of unbranched alkanes of at least 4 members (excludes halogenated alkanes) is 9. The lowest BCUT2D eigenvalue weighted by molar-refractivity contribution is 0.398. The number of benzene rings is 1. The van der Waals surface area contributed by atoms with Gasteiger partial charge >= 0.3 is 0 Å². The summed E-state index contributed by atoms with van der Waals surface area (Å²) in [4.78, 5) is 0. The van der Waals surface area contributed by atoms with Crippen LogP contribution in [0.3, 0.4) is 0 Å². The van der Waals surface area contributed by atoms with E-state index in [9.17, 15) is 10.2 Å². The van der Waals surface area contributed by atoms with E-state index in [0.717, 1.165) is 18.4 Å². The summed E-state index contributed by atoms with van der Waals surface area (Å²) in [5.74, 6) is 0.0470. The summed E-state index contributed by atoms with van der Waals surface area (Å²) in [6.45, 7) is 2.24. The van der Waals surface area contributed by atoms with Gasteiger partial charge in [-0.2, -0.15) is 0 Å². The van der Waals surface area contributed by atoms with Gasteiger partial charge in [-0.15, -0.1) is 0 Å². The van der Waals surface area contributed by atoms with Crippen LogP contribution in [0.1, 0.15) is 83.1 Å². The topological polar surface area (TPSA) is 40.5 Å². The number of aryl methyl sites for hydroxylation is 1. The zero-order valence-electron chi connectivity index (χ0n) is 14.8. The van der Waals surface area contributed by atoms with Crippen LogP contribution < -0.4 is 0 Å². The summed E-state index contributed by atoms with van der Waals surface area (Å²) in [7, 11) is 0. The molecule has 0 aliphatic rings. The van der Waals surface area contributed by atoms with Crippen molar-refractivity contribution in [1.29, 1.82) is 0 Å². The zero-order chi connectivity index (χ0) is 16.8. The van der Waals surface area contributed by atoms with Crippen molar-refractivity contribution in [3.63, 3.8) is 0 Å². The molecular weight excluding hydrogens is 284 g/mol. The van der Waals surface area contributed by atoms with Crippen LogP contribution in [0.25, 0.3) is 0 Å². The molecule has 1 rings (SSSR count). The molecule has 0 amide bonds. The molecule has 0 aliphatic heterocycles. The van der Waals surface area contributed by atoms with Gasteiger partial charge in [0.1, 0.15) is 0 Å². The van der Waals surface area contributed by atoms with Crippen molar-refractivity contribution in [2.24, 2.45) is 0 Å². The Bertz CT molecular complexity index is 437.